The lowest BCUT2D eigenvalue weighted by Gasteiger charge is -2.00. The van der Waals surface area contributed by atoms with Crippen LogP contribution in [-0.4, -0.2) is 9.97 Å². The molecule has 0 atom stereocenters. The van der Waals surface area contributed by atoms with Crippen LogP contribution in [-0.2, 0) is 0 Å². The van der Waals surface area contributed by atoms with Crippen molar-refractivity contribution in [2.45, 2.75) is 0 Å². The SMILES string of the molecule is c1ccc2c(c1)ccc1ncncc12. The molecule has 0 unspecified atom stereocenters. The van der Waals surface area contributed by atoms with E-state index in [1.165, 1.54) is 10.8 Å². The highest BCUT2D eigenvalue weighted by Gasteiger charge is 1.98. The summed E-state index contributed by atoms with van der Waals surface area (Å²) in [4.78, 5) is 8.27. The zero-order valence-electron chi connectivity index (χ0n) is 7.51. The van der Waals surface area contributed by atoms with Crippen LogP contribution in [0.3, 0.4) is 0 Å². The summed E-state index contributed by atoms with van der Waals surface area (Å²) < 4.78 is 0. The normalized spacial score (nSPS) is 10.9. The molecule has 0 bridgehead atoms. The molecule has 0 amide bonds. The molecule has 14 heavy (non-hydrogen) atoms. The molecule has 0 saturated heterocycles. The van der Waals surface area contributed by atoms with Crippen LogP contribution < -0.4 is 0 Å². The highest BCUT2D eigenvalue weighted by molar-refractivity contribution is 6.05. The Kier molecular flexibility index (Phi) is 1.47. The highest BCUT2D eigenvalue weighted by Crippen LogP contribution is 2.22. The predicted molar refractivity (Wildman–Crippen MR) is 57.0 cm³/mol. The van der Waals surface area contributed by atoms with Crippen LogP contribution >= 0.6 is 0 Å². The Balaban J connectivity index is 2.61. The minimum atomic E-state index is 0.999. The van der Waals surface area contributed by atoms with Crippen molar-refractivity contribution >= 4 is 21.7 Å². The van der Waals surface area contributed by atoms with E-state index in [2.05, 4.69) is 28.2 Å². The van der Waals surface area contributed by atoms with Crippen LogP contribution in [0.4, 0.5) is 0 Å². The van der Waals surface area contributed by atoms with E-state index in [-0.39, 0.29) is 0 Å². The molecule has 0 aliphatic rings. The summed E-state index contributed by atoms with van der Waals surface area (Å²) in [7, 11) is 0. The Morgan fingerprint density at radius 3 is 2.79 bits per heavy atom. The summed E-state index contributed by atoms with van der Waals surface area (Å²) in [5.74, 6) is 0. The maximum atomic E-state index is 4.22. The minimum Gasteiger partial charge on any atom is -0.244 e. The van der Waals surface area contributed by atoms with Crippen molar-refractivity contribution in [3.05, 3.63) is 48.9 Å². The Bertz CT molecular complexity index is 547. The minimum absolute atomic E-state index is 0.999. The van der Waals surface area contributed by atoms with Crippen LogP contribution in [0.2, 0.25) is 0 Å². The summed E-state index contributed by atoms with van der Waals surface area (Å²) in [6.45, 7) is 0. The molecule has 0 spiro atoms. The van der Waals surface area contributed by atoms with E-state index < -0.39 is 0 Å². The Labute approximate surface area is 81.2 Å². The van der Waals surface area contributed by atoms with Crippen molar-refractivity contribution < 1.29 is 0 Å². The number of rotatable bonds is 0. The van der Waals surface area contributed by atoms with E-state index in [1.54, 1.807) is 6.33 Å². The van der Waals surface area contributed by atoms with Crippen LogP contribution in [0.5, 0.6) is 0 Å². The largest absolute Gasteiger partial charge is 0.244 e. The highest BCUT2D eigenvalue weighted by atomic mass is 14.8. The van der Waals surface area contributed by atoms with Gasteiger partial charge in [0, 0.05) is 11.6 Å². The molecule has 3 aromatic rings. The topological polar surface area (TPSA) is 25.8 Å². The zero-order chi connectivity index (χ0) is 9.38. The lowest BCUT2D eigenvalue weighted by Crippen LogP contribution is -1.82. The van der Waals surface area contributed by atoms with Gasteiger partial charge in [-0.1, -0.05) is 30.3 Å². The standard InChI is InChI=1S/C12H8N2/c1-2-4-10-9(3-1)5-6-12-11(10)7-13-8-14-12/h1-8H. The number of hydrogen-bond acceptors (Lipinski definition) is 2. The van der Waals surface area contributed by atoms with Gasteiger partial charge in [0.25, 0.3) is 0 Å². The van der Waals surface area contributed by atoms with Gasteiger partial charge in [-0.3, -0.25) is 0 Å². The van der Waals surface area contributed by atoms with Crippen LogP contribution in [0.1, 0.15) is 0 Å². The van der Waals surface area contributed by atoms with Gasteiger partial charge < -0.3 is 0 Å². The molecular weight excluding hydrogens is 172 g/mol. The fourth-order valence-corrected chi connectivity index (χ4v) is 1.74. The summed E-state index contributed by atoms with van der Waals surface area (Å²) in [5.41, 5.74) is 0.999. The predicted octanol–water partition coefficient (Wildman–Crippen LogP) is 2.78. The molecule has 66 valence electrons. The van der Waals surface area contributed by atoms with Crippen molar-refractivity contribution in [1.29, 1.82) is 0 Å². The van der Waals surface area contributed by atoms with Crippen molar-refractivity contribution in [3.63, 3.8) is 0 Å². The van der Waals surface area contributed by atoms with Gasteiger partial charge in [-0.15, -0.1) is 0 Å². The molecule has 0 aliphatic carbocycles. The molecule has 1 aromatic heterocycles. The second-order valence-corrected chi connectivity index (χ2v) is 3.24. The summed E-state index contributed by atoms with van der Waals surface area (Å²) in [5, 5.41) is 3.56. The van der Waals surface area contributed by atoms with Gasteiger partial charge in [-0.2, -0.15) is 0 Å². The number of nitrogens with zero attached hydrogens (tertiary/aromatic N) is 2. The third kappa shape index (κ3) is 0.973. The van der Waals surface area contributed by atoms with Gasteiger partial charge in [0.1, 0.15) is 6.33 Å². The Morgan fingerprint density at radius 1 is 0.857 bits per heavy atom. The lowest BCUT2D eigenvalue weighted by molar-refractivity contribution is 1.23. The third-order valence-corrected chi connectivity index (χ3v) is 2.41. The quantitative estimate of drug-likeness (QED) is 0.497. The van der Waals surface area contributed by atoms with Gasteiger partial charge >= 0.3 is 0 Å². The number of hydrogen-bond donors (Lipinski definition) is 0. The molecule has 2 nitrogen and oxygen atoms in total. The van der Waals surface area contributed by atoms with E-state index in [0.29, 0.717) is 0 Å². The van der Waals surface area contributed by atoms with Gasteiger partial charge in [-0.05, 0) is 16.8 Å². The molecule has 1 heterocycles. The zero-order valence-corrected chi connectivity index (χ0v) is 7.51. The number of fused-ring (bicyclic) bond motifs is 3. The van der Waals surface area contributed by atoms with Gasteiger partial charge in [-0.25, -0.2) is 9.97 Å². The maximum Gasteiger partial charge on any atom is 0.116 e. The Hall–Kier alpha value is -1.96. The smallest absolute Gasteiger partial charge is 0.116 e. The first-order valence-electron chi connectivity index (χ1n) is 4.52. The van der Waals surface area contributed by atoms with Crippen LogP contribution in [0.15, 0.2) is 48.9 Å². The first-order chi connectivity index (χ1) is 6.95. The van der Waals surface area contributed by atoms with Gasteiger partial charge in [0.2, 0.25) is 0 Å². The molecule has 2 aromatic carbocycles. The van der Waals surface area contributed by atoms with Crippen LogP contribution in [0.25, 0.3) is 21.7 Å². The fraction of sp³-hybridized carbons (Fsp3) is 0. The van der Waals surface area contributed by atoms with Gasteiger partial charge in [0.15, 0.2) is 0 Å². The van der Waals surface area contributed by atoms with Crippen molar-refractivity contribution in [2.75, 3.05) is 0 Å². The van der Waals surface area contributed by atoms with E-state index in [4.69, 9.17) is 0 Å². The second-order valence-electron chi connectivity index (χ2n) is 3.24. The second kappa shape index (κ2) is 2.77. The number of benzene rings is 2. The van der Waals surface area contributed by atoms with E-state index >= 15 is 0 Å². The molecule has 0 saturated carbocycles. The average molecular weight is 180 g/mol. The number of aromatic nitrogens is 2. The molecular formula is C12H8N2. The van der Waals surface area contributed by atoms with Gasteiger partial charge in [0.05, 0.1) is 5.52 Å². The molecule has 3 rings (SSSR count). The Morgan fingerprint density at radius 2 is 1.79 bits per heavy atom. The van der Waals surface area contributed by atoms with Crippen molar-refractivity contribution in [3.8, 4) is 0 Å². The summed E-state index contributed by atoms with van der Waals surface area (Å²) in [6, 6.07) is 12.4. The van der Waals surface area contributed by atoms with Crippen LogP contribution in [0, 0.1) is 0 Å². The molecule has 2 heteroatoms. The molecule has 0 aliphatic heterocycles. The average Bonchev–Trinajstić information content (AvgIpc) is 2.29. The summed E-state index contributed by atoms with van der Waals surface area (Å²) >= 11 is 0. The monoisotopic (exact) mass is 180 g/mol. The van der Waals surface area contributed by atoms with Crippen molar-refractivity contribution in [2.24, 2.45) is 0 Å². The first-order valence-corrected chi connectivity index (χ1v) is 4.52. The van der Waals surface area contributed by atoms with E-state index in [9.17, 15) is 0 Å². The first kappa shape index (κ1) is 7.44. The van der Waals surface area contributed by atoms with E-state index in [0.717, 1.165) is 10.9 Å². The maximum absolute atomic E-state index is 4.22. The van der Waals surface area contributed by atoms with Crippen molar-refractivity contribution in [1.82, 2.24) is 9.97 Å². The third-order valence-electron chi connectivity index (χ3n) is 2.41. The van der Waals surface area contributed by atoms with E-state index in [1.807, 2.05) is 24.4 Å². The fourth-order valence-electron chi connectivity index (χ4n) is 1.74. The summed E-state index contributed by atoms with van der Waals surface area (Å²) in [6.07, 6.45) is 3.45. The molecule has 0 fully saturated rings. The molecule has 0 N–H and O–H groups in total. The lowest BCUT2D eigenvalue weighted by atomic mass is 10.1. The molecule has 0 radical (unpaired) electrons.